The zero-order valence-electron chi connectivity index (χ0n) is 18.2. The number of carbonyl (C=O) groups excluding carboxylic acids is 1. The van der Waals surface area contributed by atoms with Crippen molar-refractivity contribution >= 4 is 33.4 Å². The van der Waals surface area contributed by atoms with Crippen LogP contribution in [0.5, 0.6) is 11.5 Å². The molecule has 11 heteroatoms. The maximum absolute atomic E-state index is 14.7. The van der Waals surface area contributed by atoms with Crippen LogP contribution >= 0.6 is 15.9 Å². The Labute approximate surface area is 205 Å². The summed E-state index contributed by atoms with van der Waals surface area (Å²) in [5.74, 6) is 0.995. The second-order valence-electron chi connectivity index (χ2n) is 7.69. The lowest BCUT2D eigenvalue weighted by atomic mass is 9.71. The van der Waals surface area contributed by atoms with Crippen molar-refractivity contribution in [1.29, 1.82) is 0 Å². The van der Waals surface area contributed by atoms with E-state index < -0.39 is 29.3 Å². The molecule has 2 heterocycles. The average Bonchev–Trinajstić information content (AvgIpc) is 2.83. The highest BCUT2D eigenvalue weighted by Crippen LogP contribution is 2.38. The topological polar surface area (TPSA) is 70.9 Å². The average molecular weight is 554 g/mol. The first-order valence-corrected chi connectivity index (χ1v) is 11.1. The number of hydrogen-bond donors (Lipinski definition) is 1. The van der Waals surface area contributed by atoms with Gasteiger partial charge in [-0.05, 0) is 56.5 Å². The quantitative estimate of drug-likeness (QED) is 0.429. The number of methoxy groups -OCH3 is 1. The Bertz CT molecular complexity index is 1310. The molecule has 35 heavy (non-hydrogen) atoms. The Morgan fingerprint density at radius 2 is 2.06 bits per heavy atom. The van der Waals surface area contributed by atoms with Crippen molar-refractivity contribution in [2.75, 3.05) is 20.3 Å². The molecular formula is C24H18BrF4N2O4+. The van der Waals surface area contributed by atoms with Crippen molar-refractivity contribution in [2.45, 2.75) is 18.2 Å². The summed E-state index contributed by atoms with van der Waals surface area (Å²) in [6, 6.07) is 8.00. The number of ether oxygens (including phenoxy) is 3. The fourth-order valence-electron chi connectivity index (χ4n) is 3.96. The summed E-state index contributed by atoms with van der Waals surface area (Å²) in [5, 5.41) is 2.84. The molecule has 1 saturated heterocycles. The van der Waals surface area contributed by atoms with Crippen LogP contribution in [0.2, 0.25) is 0 Å². The molecule has 0 aliphatic carbocycles. The predicted molar refractivity (Wildman–Crippen MR) is 123 cm³/mol. The number of nitrogens with zero attached hydrogens (tertiary/aromatic N) is 1. The van der Waals surface area contributed by atoms with Gasteiger partial charge < -0.3 is 19.5 Å². The van der Waals surface area contributed by atoms with Gasteiger partial charge in [-0.1, -0.05) is 6.07 Å². The first kappa shape index (κ1) is 24.6. The second-order valence-corrected chi connectivity index (χ2v) is 8.55. The third-order valence-corrected chi connectivity index (χ3v) is 6.29. The molecule has 2 aromatic rings. The molecule has 1 atom stereocenters. The molecular weight excluding hydrogens is 536 g/mol. The highest BCUT2D eigenvalue weighted by atomic mass is 79.9. The Hall–Kier alpha value is -3.52. The van der Waals surface area contributed by atoms with E-state index in [1.165, 1.54) is 13.2 Å². The van der Waals surface area contributed by atoms with Gasteiger partial charge in [-0.2, -0.15) is 0 Å². The van der Waals surface area contributed by atoms with Gasteiger partial charge in [0.25, 0.3) is 5.91 Å². The number of fused-ring (bicyclic) bond motifs is 1. The normalized spacial score (nSPS) is 18.7. The number of nitrogens with one attached hydrogen (secondary N) is 1. The van der Waals surface area contributed by atoms with Crippen LogP contribution in [-0.4, -0.2) is 44.1 Å². The van der Waals surface area contributed by atoms with Crippen LogP contribution in [-0.2, 0) is 10.2 Å². The van der Waals surface area contributed by atoms with Crippen LogP contribution in [0.3, 0.4) is 0 Å². The maximum atomic E-state index is 14.7. The van der Waals surface area contributed by atoms with E-state index in [-0.39, 0.29) is 19.6 Å². The van der Waals surface area contributed by atoms with E-state index in [0.717, 1.165) is 12.1 Å². The fraction of sp³-hybridized carbons (Fsp3) is 0.250. The summed E-state index contributed by atoms with van der Waals surface area (Å²) in [5.41, 5.74) is -0.100. The molecule has 1 N–H and O–H groups in total. The van der Waals surface area contributed by atoms with E-state index in [4.69, 9.17) is 9.47 Å². The minimum atomic E-state index is -5.04. The van der Waals surface area contributed by atoms with Crippen LogP contribution in [0.15, 0.2) is 58.8 Å². The number of amides is 1. The first-order valence-electron chi connectivity index (χ1n) is 10.3. The van der Waals surface area contributed by atoms with E-state index in [9.17, 15) is 22.4 Å². The van der Waals surface area contributed by atoms with Crippen molar-refractivity contribution in [3.8, 4) is 11.5 Å². The van der Waals surface area contributed by atoms with Crippen molar-refractivity contribution in [2.24, 2.45) is 0 Å². The van der Waals surface area contributed by atoms with Crippen molar-refractivity contribution in [1.82, 2.24) is 9.98 Å². The van der Waals surface area contributed by atoms with Crippen LogP contribution in [0.1, 0.15) is 22.3 Å². The van der Waals surface area contributed by atoms with Crippen LogP contribution in [0.4, 0.5) is 17.6 Å². The number of rotatable bonds is 6. The molecule has 1 fully saturated rings. The fourth-order valence-corrected chi connectivity index (χ4v) is 4.37. The number of allylic oxidation sites excluding steroid dienone is 3. The summed E-state index contributed by atoms with van der Waals surface area (Å²) >= 11 is 3.33. The molecule has 0 saturated carbocycles. The summed E-state index contributed by atoms with van der Waals surface area (Å²) in [6.45, 7) is 0.174. The summed E-state index contributed by atoms with van der Waals surface area (Å²) in [6.07, 6.45) is -1.59. The molecule has 1 amide bonds. The molecule has 0 radical (unpaired) electrons. The molecule has 0 spiro atoms. The van der Waals surface area contributed by atoms with Crippen LogP contribution < -0.4 is 19.5 Å². The lowest BCUT2D eigenvalue weighted by molar-refractivity contribution is -0.275. The Kier molecular flexibility index (Phi) is 6.76. The Morgan fingerprint density at radius 3 is 2.77 bits per heavy atom. The monoisotopic (exact) mass is 553 g/mol. The third kappa shape index (κ3) is 5.12. The predicted octanol–water partition coefficient (Wildman–Crippen LogP) is 4.22. The van der Waals surface area contributed by atoms with Gasteiger partial charge in [0, 0.05) is 24.6 Å². The molecule has 0 unspecified atom stereocenters. The SMILES string of the molecule is COc1cc(C(=O)NC[C@]2(c3ccc(OC(F)(F)F)c(F)c3)CCOC3=CC=C=[N+]=C32)ccc1Br. The molecule has 4 rings (SSSR count). The molecule has 6 nitrogen and oxygen atoms in total. The molecule has 182 valence electrons. The zero-order chi connectivity index (χ0) is 25.2. The largest absolute Gasteiger partial charge is 0.573 e. The molecule has 2 aliphatic rings. The first-order chi connectivity index (χ1) is 16.6. The van der Waals surface area contributed by atoms with Crippen molar-refractivity contribution in [3.63, 3.8) is 0 Å². The number of benzene rings is 2. The van der Waals surface area contributed by atoms with Gasteiger partial charge in [0.15, 0.2) is 11.6 Å². The van der Waals surface area contributed by atoms with Gasteiger partial charge in [0.2, 0.25) is 5.76 Å². The van der Waals surface area contributed by atoms with Gasteiger partial charge in [-0.25, -0.2) is 4.39 Å². The number of halogens is 5. The molecule has 0 bridgehead atoms. The summed E-state index contributed by atoms with van der Waals surface area (Å²) in [7, 11) is 1.47. The van der Waals surface area contributed by atoms with Crippen molar-refractivity contribution < 1.29 is 36.6 Å². The minimum Gasteiger partial charge on any atom is -0.496 e. The third-order valence-electron chi connectivity index (χ3n) is 5.63. The highest BCUT2D eigenvalue weighted by molar-refractivity contribution is 9.10. The molecule has 2 aliphatic heterocycles. The Morgan fingerprint density at radius 1 is 1.26 bits per heavy atom. The second kappa shape index (κ2) is 9.62. The van der Waals surface area contributed by atoms with E-state index in [1.807, 2.05) is 0 Å². The molecule has 2 aromatic carbocycles. The standard InChI is InChI=1S/C24H17BrF4N2O4/c1-33-20-11-14(4-6-16(20)25)22(32)31-13-23(8-10-34-19-3-2-9-30-21(19)23)15-5-7-18(17(26)12-15)35-24(27,28)29/h2-7,11-12H,8,10,13H2,1H3/p+1/t23-/m0/s1. The highest BCUT2D eigenvalue weighted by Gasteiger charge is 2.51. The summed E-state index contributed by atoms with van der Waals surface area (Å²) < 4.78 is 72.2. The van der Waals surface area contributed by atoms with Gasteiger partial charge in [-0.3, -0.25) is 4.79 Å². The lowest BCUT2D eigenvalue weighted by Gasteiger charge is -2.34. The van der Waals surface area contributed by atoms with E-state index in [2.05, 4.69) is 36.5 Å². The number of alkyl halides is 3. The van der Waals surface area contributed by atoms with Gasteiger partial charge in [-0.15, -0.1) is 13.2 Å². The maximum Gasteiger partial charge on any atom is 0.573 e. The van der Waals surface area contributed by atoms with Crippen molar-refractivity contribution in [3.05, 3.63) is 75.7 Å². The number of hydrogen-bond acceptors (Lipinski definition) is 4. The smallest absolute Gasteiger partial charge is 0.496 e. The van der Waals surface area contributed by atoms with Gasteiger partial charge in [0.1, 0.15) is 11.2 Å². The molecule has 0 aromatic heterocycles. The Balaban J connectivity index is 1.71. The summed E-state index contributed by atoms with van der Waals surface area (Å²) in [4.78, 5) is 13.0. The van der Waals surface area contributed by atoms with Gasteiger partial charge >= 0.3 is 17.9 Å². The minimum absolute atomic E-state index is 0.0374. The van der Waals surface area contributed by atoms with E-state index in [1.54, 1.807) is 30.4 Å². The zero-order valence-corrected chi connectivity index (χ0v) is 19.8. The van der Waals surface area contributed by atoms with Crippen LogP contribution in [0.25, 0.3) is 0 Å². The van der Waals surface area contributed by atoms with Crippen LogP contribution in [0, 0.1) is 5.82 Å². The van der Waals surface area contributed by atoms with E-state index in [0.29, 0.717) is 32.8 Å². The lowest BCUT2D eigenvalue weighted by Crippen LogP contribution is -2.51. The number of carbonyl (C=O) groups is 1. The van der Waals surface area contributed by atoms with Gasteiger partial charge in [0.05, 0.1) is 24.3 Å². The van der Waals surface area contributed by atoms with E-state index >= 15 is 0 Å².